The van der Waals surface area contributed by atoms with Gasteiger partial charge in [0.1, 0.15) is 5.82 Å². The van der Waals surface area contributed by atoms with Crippen molar-refractivity contribution in [1.29, 1.82) is 0 Å². The number of halogens is 1. The van der Waals surface area contributed by atoms with Crippen molar-refractivity contribution in [2.45, 2.75) is 66.3 Å². The number of benzene rings is 1. The standard InChI is InChI=1S/C23H31ClN4O2/c1-8-17(14(5)6)27-19(9-2)25-21-20(27)22(29)26(7)23(30)28(21)18-11-10-15(13(3)4)12-16(18)24/h10-14,17H,8-9H2,1-7H3. The summed E-state index contributed by atoms with van der Waals surface area (Å²) < 4.78 is 4.67. The lowest BCUT2D eigenvalue weighted by Gasteiger charge is -2.23. The van der Waals surface area contributed by atoms with Crippen LogP contribution in [0.4, 0.5) is 0 Å². The highest BCUT2D eigenvalue weighted by Crippen LogP contribution is 2.30. The van der Waals surface area contributed by atoms with Crippen molar-refractivity contribution in [3.05, 3.63) is 55.4 Å². The number of fused-ring (bicyclic) bond motifs is 1. The van der Waals surface area contributed by atoms with Crippen molar-refractivity contribution in [1.82, 2.24) is 18.7 Å². The topological polar surface area (TPSA) is 61.8 Å². The quantitative estimate of drug-likeness (QED) is 0.562. The van der Waals surface area contributed by atoms with E-state index in [0.29, 0.717) is 40.1 Å². The van der Waals surface area contributed by atoms with Crippen molar-refractivity contribution in [3.8, 4) is 5.69 Å². The maximum absolute atomic E-state index is 13.2. The van der Waals surface area contributed by atoms with Crippen molar-refractivity contribution in [2.24, 2.45) is 13.0 Å². The molecule has 0 aliphatic heterocycles. The molecule has 0 saturated heterocycles. The van der Waals surface area contributed by atoms with E-state index in [1.54, 1.807) is 0 Å². The Labute approximate surface area is 182 Å². The third-order valence-electron chi connectivity index (χ3n) is 5.88. The molecule has 3 aromatic rings. The minimum Gasteiger partial charge on any atom is -0.319 e. The van der Waals surface area contributed by atoms with Gasteiger partial charge in [0.25, 0.3) is 5.56 Å². The summed E-state index contributed by atoms with van der Waals surface area (Å²) in [7, 11) is 1.51. The highest BCUT2D eigenvalue weighted by Gasteiger charge is 2.26. The number of aromatic nitrogens is 4. The van der Waals surface area contributed by atoms with Crippen LogP contribution in [0.25, 0.3) is 16.9 Å². The van der Waals surface area contributed by atoms with E-state index in [2.05, 4.69) is 34.6 Å². The summed E-state index contributed by atoms with van der Waals surface area (Å²) in [6.07, 6.45) is 1.53. The van der Waals surface area contributed by atoms with Gasteiger partial charge < -0.3 is 4.57 Å². The molecule has 3 rings (SSSR count). The Kier molecular flexibility index (Phi) is 6.27. The molecule has 0 N–H and O–H groups in total. The molecule has 0 amide bonds. The summed E-state index contributed by atoms with van der Waals surface area (Å²) >= 11 is 6.61. The predicted octanol–water partition coefficient (Wildman–Crippen LogP) is 4.83. The maximum Gasteiger partial charge on any atom is 0.337 e. The van der Waals surface area contributed by atoms with Gasteiger partial charge in [-0.25, -0.2) is 14.3 Å². The van der Waals surface area contributed by atoms with Gasteiger partial charge >= 0.3 is 5.69 Å². The number of hydrogen-bond donors (Lipinski definition) is 0. The smallest absolute Gasteiger partial charge is 0.319 e. The molecule has 6 nitrogen and oxygen atoms in total. The largest absolute Gasteiger partial charge is 0.337 e. The summed E-state index contributed by atoms with van der Waals surface area (Å²) in [4.78, 5) is 31.2. The third-order valence-corrected chi connectivity index (χ3v) is 6.18. The molecular weight excluding hydrogens is 400 g/mol. The van der Waals surface area contributed by atoms with E-state index in [9.17, 15) is 9.59 Å². The fourth-order valence-electron chi connectivity index (χ4n) is 4.15. The van der Waals surface area contributed by atoms with Gasteiger partial charge in [0, 0.05) is 19.5 Å². The molecular formula is C23H31ClN4O2. The van der Waals surface area contributed by atoms with Gasteiger partial charge in [0.2, 0.25) is 0 Å². The Bertz CT molecular complexity index is 1200. The molecule has 1 aromatic carbocycles. The zero-order chi connectivity index (χ0) is 22.3. The molecule has 7 heteroatoms. The Hall–Kier alpha value is -2.34. The van der Waals surface area contributed by atoms with E-state index in [1.165, 1.54) is 11.6 Å². The second kappa shape index (κ2) is 8.42. The molecule has 2 aromatic heterocycles. The lowest BCUT2D eigenvalue weighted by atomic mass is 10.0. The summed E-state index contributed by atoms with van der Waals surface area (Å²) in [6.45, 7) is 12.6. The lowest BCUT2D eigenvalue weighted by Crippen LogP contribution is -2.38. The number of imidazole rings is 1. The minimum absolute atomic E-state index is 0.113. The van der Waals surface area contributed by atoms with Crippen molar-refractivity contribution >= 4 is 22.8 Å². The van der Waals surface area contributed by atoms with Crippen LogP contribution in [0.3, 0.4) is 0 Å². The van der Waals surface area contributed by atoms with Crippen molar-refractivity contribution < 1.29 is 0 Å². The summed E-state index contributed by atoms with van der Waals surface area (Å²) in [5, 5.41) is 0.465. The third kappa shape index (κ3) is 3.51. The fraction of sp³-hybridized carbons (Fsp3) is 0.522. The normalized spacial score (nSPS) is 13.0. The molecule has 1 unspecified atom stereocenters. The van der Waals surface area contributed by atoms with Gasteiger partial charge in [0.05, 0.1) is 10.7 Å². The fourth-order valence-corrected chi connectivity index (χ4v) is 4.42. The van der Waals surface area contributed by atoms with E-state index in [0.717, 1.165) is 22.4 Å². The van der Waals surface area contributed by atoms with E-state index in [1.807, 2.05) is 29.7 Å². The van der Waals surface area contributed by atoms with E-state index < -0.39 is 5.69 Å². The zero-order valence-electron chi connectivity index (χ0n) is 18.9. The molecule has 162 valence electrons. The second-order valence-corrected chi connectivity index (χ2v) is 8.90. The lowest BCUT2D eigenvalue weighted by molar-refractivity contribution is 0.364. The minimum atomic E-state index is -0.448. The molecule has 0 aliphatic carbocycles. The van der Waals surface area contributed by atoms with Crippen LogP contribution in [0.5, 0.6) is 0 Å². The summed E-state index contributed by atoms with van der Waals surface area (Å²) in [5.74, 6) is 1.43. The van der Waals surface area contributed by atoms with Gasteiger partial charge in [-0.05, 0) is 36.0 Å². The molecule has 0 bridgehead atoms. The Balaban J connectivity index is 2.47. The van der Waals surface area contributed by atoms with Gasteiger partial charge in [-0.15, -0.1) is 0 Å². The number of nitrogens with zero attached hydrogens (tertiary/aromatic N) is 4. The Morgan fingerprint density at radius 2 is 1.77 bits per heavy atom. The first-order valence-electron chi connectivity index (χ1n) is 10.7. The SMILES string of the molecule is CCc1nc2c(c(=O)n(C)c(=O)n2-c2ccc(C(C)C)cc2Cl)n1C(CC)C(C)C. The number of aryl methyl sites for hydroxylation is 1. The van der Waals surface area contributed by atoms with Crippen LogP contribution in [0.2, 0.25) is 5.02 Å². The van der Waals surface area contributed by atoms with Crippen LogP contribution in [-0.4, -0.2) is 18.7 Å². The monoisotopic (exact) mass is 430 g/mol. The van der Waals surface area contributed by atoms with Crippen LogP contribution >= 0.6 is 11.6 Å². The van der Waals surface area contributed by atoms with Crippen molar-refractivity contribution in [2.75, 3.05) is 0 Å². The number of hydrogen-bond acceptors (Lipinski definition) is 3. The first-order valence-corrected chi connectivity index (χ1v) is 11.0. The predicted molar refractivity (Wildman–Crippen MR) is 123 cm³/mol. The number of rotatable bonds is 6. The van der Waals surface area contributed by atoms with Gasteiger partial charge in [0.15, 0.2) is 11.2 Å². The maximum atomic E-state index is 13.2. The highest BCUT2D eigenvalue weighted by molar-refractivity contribution is 6.32. The van der Waals surface area contributed by atoms with E-state index in [-0.39, 0.29) is 11.6 Å². The molecule has 1 atom stereocenters. The van der Waals surface area contributed by atoms with Gasteiger partial charge in [-0.2, -0.15) is 0 Å². The van der Waals surface area contributed by atoms with Crippen LogP contribution in [0.15, 0.2) is 27.8 Å². The molecule has 0 saturated carbocycles. The van der Waals surface area contributed by atoms with Crippen LogP contribution < -0.4 is 11.2 Å². The first kappa shape index (κ1) is 22.3. The molecule has 0 fully saturated rings. The van der Waals surface area contributed by atoms with Gasteiger partial charge in [-0.1, -0.05) is 59.2 Å². The van der Waals surface area contributed by atoms with Gasteiger partial charge in [-0.3, -0.25) is 9.36 Å². The Morgan fingerprint density at radius 3 is 2.27 bits per heavy atom. The van der Waals surface area contributed by atoms with Crippen LogP contribution in [0.1, 0.15) is 71.3 Å². The summed E-state index contributed by atoms with van der Waals surface area (Å²) in [5.41, 5.74) is 1.68. The van der Waals surface area contributed by atoms with Crippen molar-refractivity contribution in [3.63, 3.8) is 0 Å². The average Bonchev–Trinajstić information content (AvgIpc) is 3.06. The Morgan fingerprint density at radius 1 is 1.10 bits per heavy atom. The van der Waals surface area contributed by atoms with E-state index >= 15 is 0 Å². The van der Waals surface area contributed by atoms with Crippen LogP contribution in [0, 0.1) is 5.92 Å². The molecule has 2 heterocycles. The molecule has 0 radical (unpaired) electrons. The average molecular weight is 431 g/mol. The zero-order valence-corrected chi connectivity index (χ0v) is 19.6. The molecule has 0 aliphatic rings. The first-order chi connectivity index (χ1) is 14.1. The molecule has 0 spiro atoms. The summed E-state index contributed by atoms with van der Waals surface area (Å²) in [6, 6.07) is 5.80. The molecule has 30 heavy (non-hydrogen) atoms. The van der Waals surface area contributed by atoms with E-state index in [4.69, 9.17) is 16.6 Å². The second-order valence-electron chi connectivity index (χ2n) is 8.49. The van der Waals surface area contributed by atoms with Crippen LogP contribution in [-0.2, 0) is 13.5 Å². The highest BCUT2D eigenvalue weighted by atomic mass is 35.5.